The maximum absolute atomic E-state index is 10.1. The van der Waals surface area contributed by atoms with Gasteiger partial charge in [0.05, 0.1) is 6.10 Å². The van der Waals surface area contributed by atoms with Gasteiger partial charge in [-0.1, -0.05) is 51.5 Å². The molecule has 1 fully saturated rings. The maximum Gasteiger partial charge on any atom is 0.0574 e. The molecule has 0 aromatic rings. The Balaban J connectivity index is 2.87. The smallest absolute Gasteiger partial charge is 0.0574 e. The molecule has 1 aliphatic rings. The van der Waals surface area contributed by atoms with Gasteiger partial charge >= 0.3 is 0 Å². The van der Waals surface area contributed by atoms with Gasteiger partial charge in [0.2, 0.25) is 0 Å². The van der Waals surface area contributed by atoms with Crippen LogP contribution in [0.3, 0.4) is 0 Å². The van der Waals surface area contributed by atoms with E-state index in [4.69, 9.17) is 0 Å². The quantitative estimate of drug-likeness (QED) is 0.723. The molecule has 4 unspecified atom stereocenters. The van der Waals surface area contributed by atoms with E-state index in [-0.39, 0.29) is 11.5 Å². The average Bonchev–Trinajstić information content (AvgIpc) is 2.30. The van der Waals surface area contributed by atoms with E-state index in [2.05, 4.69) is 52.8 Å². The topological polar surface area (TPSA) is 20.2 Å². The van der Waals surface area contributed by atoms with Gasteiger partial charge in [0, 0.05) is 0 Å². The highest BCUT2D eigenvalue weighted by molar-refractivity contribution is 5.20. The fraction of sp³-hybridized carbons (Fsp3) is 0.750. The van der Waals surface area contributed by atoms with E-state index >= 15 is 0 Å². The standard InChI is InChI=1S/C16H28O/c1-6-7-12(2)10-11-16(5)13(3)8-9-15(17)14(16)4/h7,10-11,13-15,17H,6,8-9H2,1-5H3/b11-10+,12-7+. The van der Waals surface area contributed by atoms with Crippen LogP contribution in [0.15, 0.2) is 23.8 Å². The molecule has 0 aromatic heterocycles. The summed E-state index contributed by atoms with van der Waals surface area (Å²) in [6, 6.07) is 0. The first-order valence-corrected chi connectivity index (χ1v) is 6.95. The lowest BCUT2D eigenvalue weighted by Crippen LogP contribution is -2.42. The summed E-state index contributed by atoms with van der Waals surface area (Å²) in [6.07, 6.45) is 9.82. The molecular formula is C16H28O. The molecular weight excluding hydrogens is 208 g/mol. The van der Waals surface area contributed by atoms with Gasteiger partial charge in [0.1, 0.15) is 0 Å². The molecule has 1 N–H and O–H groups in total. The zero-order valence-electron chi connectivity index (χ0n) is 12.0. The van der Waals surface area contributed by atoms with Crippen LogP contribution in [0.4, 0.5) is 0 Å². The molecule has 0 bridgehead atoms. The molecule has 0 aliphatic heterocycles. The molecule has 17 heavy (non-hydrogen) atoms. The second-order valence-corrected chi connectivity index (χ2v) is 5.89. The first-order valence-electron chi connectivity index (χ1n) is 6.95. The molecule has 4 atom stereocenters. The third-order valence-corrected chi connectivity index (χ3v) is 4.75. The highest BCUT2D eigenvalue weighted by Gasteiger charge is 2.41. The number of hydrogen-bond donors (Lipinski definition) is 1. The Bertz CT molecular complexity index is 303. The van der Waals surface area contributed by atoms with E-state index in [1.54, 1.807) is 0 Å². The molecule has 0 amide bonds. The predicted molar refractivity (Wildman–Crippen MR) is 74.9 cm³/mol. The van der Waals surface area contributed by atoms with Gasteiger partial charge in [-0.25, -0.2) is 0 Å². The fourth-order valence-electron chi connectivity index (χ4n) is 2.86. The molecule has 1 nitrogen and oxygen atoms in total. The summed E-state index contributed by atoms with van der Waals surface area (Å²) in [4.78, 5) is 0. The van der Waals surface area contributed by atoms with E-state index in [1.807, 2.05) is 0 Å². The van der Waals surface area contributed by atoms with E-state index < -0.39 is 0 Å². The largest absolute Gasteiger partial charge is 0.393 e. The van der Waals surface area contributed by atoms with Gasteiger partial charge in [-0.05, 0) is 43.4 Å². The lowest BCUT2D eigenvalue weighted by Gasteiger charge is -2.45. The molecule has 1 saturated carbocycles. The van der Waals surface area contributed by atoms with Gasteiger partial charge in [0.25, 0.3) is 0 Å². The Hall–Kier alpha value is -0.560. The minimum atomic E-state index is -0.142. The number of allylic oxidation sites excluding steroid dienone is 4. The van der Waals surface area contributed by atoms with Gasteiger partial charge in [0.15, 0.2) is 0 Å². The summed E-state index contributed by atoms with van der Waals surface area (Å²) >= 11 is 0. The third kappa shape index (κ3) is 3.22. The molecule has 1 aliphatic carbocycles. The monoisotopic (exact) mass is 236 g/mol. The van der Waals surface area contributed by atoms with Crippen molar-refractivity contribution in [1.29, 1.82) is 0 Å². The van der Waals surface area contributed by atoms with Crippen LogP contribution in [0.25, 0.3) is 0 Å². The van der Waals surface area contributed by atoms with Crippen LogP contribution in [0.5, 0.6) is 0 Å². The van der Waals surface area contributed by atoms with E-state index in [0.717, 1.165) is 19.3 Å². The molecule has 0 saturated heterocycles. The molecule has 1 heteroatoms. The summed E-state index contributed by atoms with van der Waals surface area (Å²) in [5.74, 6) is 0.989. The van der Waals surface area contributed by atoms with Gasteiger partial charge in [-0.2, -0.15) is 0 Å². The van der Waals surface area contributed by atoms with Crippen molar-refractivity contribution in [2.45, 2.75) is 60.0 Å². The minimum Gasteiger partial charge on any atom is -0.393 e. The van der Waals surface area contributed by atoms with Crippen molar-refractivity contribution >= 4 is 0 Å². The van der Waals surface area contributed by atoms with Crippen LogP contribution in [0.2, 0.25) is 0 Å². The Morgan fingerprint density at radius 2 is 2.00 bits per heavy atom. The maximum atomic E-state index is 10.1. The lowest BCUT2D eigenvalue weighted by atomic mass is 9.61. The van der Waals surface area contributed by atoms with Gasteiger partial charge in [-0.3, -0.25) is 0 Å². The van der Waals surface area contributed by atoms with Crippen molar-refractivity contribution in [3.05, 3.63) is 23.8 Å². The van der Waals surface area contributed by atoms with Crippen molar-refractivity contribution < 1.29 is 5.11 Å². The average molecular weight is 236 g/mol. The van der Waals surface area contributed by atoms with Crippen molar-refractivity contribution in [3.63, 3.8) is 0 Å². The van der Waals surface area contributed by atoms with Crippen LogP contribution in [-0.4, -0.2) is 11.2 Å². The molecule has 98 valence electrons. The van der Waals surface area contributed by atoms with Crippen LogP contribution in [-0.2, 0) is 0 Å². The normalized spacial score (nSPS) is 39.9. The number of aliphatic hydroxyl groups excluding tert-OH is 1. The zero-order valence-corrected chi connectivity index (χ0v) is 12.0. The molecule has 0 heterocycles. The van der Waals surface area contributed by atoms with Crippen LogP contribution in [0.1, 0.15) is 53.9 Å². The summed E-state index contributed by atoms with van der Waals surface area (Å²) in [5.41, 5.74) is 1.45. The molecule has 0 radical (unpaired) electrons. The van der Waals surface area contributed by atoms with Crippen molar-refractivity contribution in [1.82, 2.24) is 0 Å². The first kappa shape index (κ1) is 14.5. The Morgan fingerprint density at radius 1 is 1.35 bits per heavy atom. The van der Waals surface area contributed by atoms with Gasteiger partial charge in [-0.15, -0.1) is 0 Å². The second-order valence-electron chi connectivity index (χ2n) is 5.89. The van der Waals surface area contributed by atoms with E-state index in [0.29, 0.717) is 11.8 Å². The fourth-order valence-corrected chi connectivity index (χ4v) is 2.86. The number of aliphatic hydroxyl groups is 1. The minimum absolute atomic E-state index is 0.126. The van der Waals surface area contributed by atoms with Crippen LogP contribution in [0, 0.1) is 17.3 Å². The SMILES string of the molecule is CC/C=C(C)/C=C/C1(C)C(C)CCC(O)C1C. The zero-order chi connectivity index (χ0) is 13.1. The molecule has 0 spiro atoms. The molecule has 0 aromatic carbocycles. The van der Waals surface area contributed by atoms with E-state index in [9.17, 15) is 5.11 Å². The lowest BCUT2D eigenvalue weighted by molar-refractivity contribution is -0.0150. The predicted octanol–water partition coefficient (Wildman–Crippen LogP) is 4.33. The molecule has 1 rings (SSSR count). The number of rotatable bonds is 3. The summed E-state index contributed by atoms with van der Waals surface area (Å²) in [7, 11) is 0. The number of hydrogen-bond acceptors (Lipinski definition) is 1. The Morgan fingerprint density at radius 3 is 2.59 bits per heavy atom. The van der Waals surface area contributed by atoms with E-state index in [1.165, 1.54) is 5.57 Å². The summed E-state index contributed by atoms with van der Waals surface area (Å²) in [5, 5.41) is 10.1. The first-order chi connectivity index (χ1) is 7.91. The van der Waals surface area contributed by atoms with Crippen molar-refractivity contribution in [2.75, 3.05) is 0 Å². The van der Waals surface area contributed by atoms with Gasteiger partial charge < -0.3 is 5.11 Å². The summed E-state index contributed by atoms with van der Waals surface area (Å²) < 4.78 is 0. The van der Waals surface area contributed by atoms with Crippen LogP contribution < -0.4 is 0 Å². The highest BCUT2D eigenvalue weighted by atomic mass is 16.3. The van der Waals surface area contributed by atoms with Crippen molar-refractivity contribution in [3.8, 4) is 0 Å². The van der Waals surface area contributed by atoms with Crippen molar-refractivity contribution in [2.24, 2.45) is 17.3 Å². The Kier molecular flexibility index (Phi) is 5.00. The highest BCUT2D eigenvalue weighted by Crippen LogP contribution is 2.46. The summed E-state index contributed by atoms with van der Waals surface area (Å²) in [6.45, 7) is 11.1. The third-order valence-electron chi connectivity index (χ3n) is 4.75. The van der Waals surface area contributed by atoms with Crippen LogP contribution >= 0.6 is 0 Å². The second kappa shape index (κ2) is 5.86. The Labute approximate surface area is 107 Å².